The summed E-state index contributed by atoms with van der Waals surface area (Å²) in [6, 6.07) is 8.27. The van der Waals surface area contributed by atoms with Gasteiger partial charge in [0.05, 0.1) is 12.2 Å². The maximum atomic E-state index is 13.6. The molecule has 1 unspecified atom stereocenters. The number of benzene rings is 2. The number of hydrogen-bond acceptors (Lipinski definition) is 5. The number of ether oxygens (including phenoxy) is 1. The molecule has 0 aliphatic rings. The second-order valence-electron chi connectivity index (χ2n) is 6.28. The van der Waals surface area contributed by atoms with Crippen LogP contribution in [-0.2, 0) is 14.4 Å². The number of esters is 1. The lowest BCUT2D eigenvalue weighted by molar-refractivity contribution is -0.110. The fourth-order valence-corrected chi connectivity index (χ4v) is 2.16. The first-order valence-electron chi connectivity index (χ1n) is 8.88. The summed E-state index contributed by atoms with van der Waals surface area (Å²) in [5.74, 6) is -12.9. The summed E-state index contributed by atoms with van der Waals surface area (Å²) in [6.07, 6.45) is -0.422. The number of rotatable bonds is 8. The van der Waals surface area contributed by atoms with Gasteiger partial charge in [-0.25, -0.2) is 26.7 Å². The Balaban J connectivity index is 1.89. The Morgan fingerprint density at radius 1 is 0.968 bits per heavy atom. The molecule has 0 spiro atoms. The molecule has 0 aromatic heterocycles. The third kappa shape index (κ3) is 6.00. The van der Waals surface area contributed by atoms with Crippen LogP contribution < -0.4 is 5.32 Å². The second-order valence-corrected chi connectivity index (χ2v) is 6.28. The molecule has 11 heteroatoms. The van der Waals surface area contributed by atoms with E-state index in [1.165, 1.54) is 0 Å². The maximum absolute atomic E-state index is 13.6. The zero-order valence-corrected chi connectivity index (χ0v) is 16.3. The predicted octanol–water partition coefficient (Wildman–Crippen LogP) is 4.35. The Labute approximate surface area is 173 Å². The van der Waals surface area contributed by atoms with Crippen LogP contribution in [0.25, 0.3) is 0 Å². The summed E-state index contributed by atoms with van der Waals surface area (Å²) in [5, 5.41) is 5.03. The minimum absolute atomic E-state index is 0.0137. The van der Waals surface area contributed by atoms with Gasteiger partial charge >= 0.3 is 5.97 Å². The van der Waals surface area contributed by atoms with E-state index in [1.54, 1.807) is 42.6 Å². The van der Waals surface area contributed by atoms with Crippen LogP contribution in [0.4, 0.5) is 27.6 Å². The summed E-state index contributed by atoms with van der Waals surface area (Å²) in [7, 11) is 0. The molecule has 31 heavy (non-hydrogen) atoms. The minimum Gasteiger partial charge on any atom is -0.462 e. The third-order valence-electron chi connectivity index (χ3n) is 3.91. The highest BCUT2D eigenvalue weighted by Gasteiger charge is 2.27. The van der Waals surface area contributed by atoms with Crippen molar-refractivity contribution in [3.05, 3.63) is 65.0 Å². The van der Waals surface area contributed by atoms with E-state index in [4.69, 9.17) is 9.57 Å². The average molecular weight is 444 g/mol. The van der Waals surface area contributed by atoms with Gasteiger partial charge in [-0.1, -0.05) is 23.4 Å². The molecule has 0 heterocycles. The molecule has 0 saturated carbocycles. The van der Waals surface area contributed by atoms with Crippen molar-refractivity contribution in [3.8, 4) is 0 Å². The molecular formula is C20H17F5N2O4. The van der Waals surface area contributed by atoms with Crippen molar-refractivity contribution in [2.75, 3.05) is 11.9 Å². The number of anilines is 1. The van der Waals surface area contributed by atoms with Crippen molar-refractivity contribution in [1.29, 1.82) is 0 Å². The van der Waals surface area contributed by atoms with Crippen molar-refractivity contribution in [3.63, 3.8) is 0 Å². The van der Waals surface area contributed by atoms with Crippen LogP contribution in [0.15, 0.2) is 35.5 Å². The van der Waals surface area contributed by atoms with E-state index >= 15 is 0 Å². The van der Waals surface area contributed by atoms with Gasteiger partial charge in [0, 0.05) is 6.42 Å². The SMILES string of the molecule is C/C(=N/OC(C)CCOC(=O)c1ccccc1)C(=O)Nc1c(F)c(F)c(F)c(F)c1F. The lowest BCUT2D eigenvalue weighted by atomic mass is 10.2. The van der Waals surface area contributed by atoms with Gasteiger partial charge < -0.3 is 14.9 Å². The molecule has 0 radical (unpaired) electrons. The number of amides is 1. The van der Waals surface area contributed by atoms with Crippen LogP contribution >= 0.6 is 0 Å². The van der Waals surface area contributed by atoms with Crippen LogP contribution in [0.1, 0.15) is 30.6 Å². The highest BCUT2D eigenvalue weighted by Crippen LogP contribution is 2.27. The summed E-state index contributed by atoms with van der Waals surface area (Å²) < 4.78 is 71.7. The summed E-state index contributed by atoms with van der Waals surface area (Å²) in [4.78, 5) is 28.7. The number of hydrogen-bond donors (Lipinski definition) is 1. The van der Waals surface area contributed by atoms with Gasteiger partial charge in [0.2, 0.25) is 5.82 Å². The quantitative estimate of drug-likeness (QED) is 0.164. The van der Waals surface area contributed by atoms with Gasteiger partial charge in [0.15, 0.2) is 23.3 Å². The van der Waals surface area contributed by atoms with Gasteiger partial charge in [-0.2, -0.15) is 0 Å². The molecule has 0 aliphatic carbocycles. The monoisotopic (exact) mass is 444 g/mol. The number of halogens is 5. The van der Waals surface area contributed by atoms with Crippen molar-refractivity contribution >= 4 is 23.3 Å². The number of nitrogens with one attached hydrogen (secondary N) is 1. The molecule has 0 aliphatic heterocycles. The molecule has 0 fully saturated rings. The normalized spacial score (nSPS) is 12.3. The Kier molecular flexibility index (Phi) is 8.06. The van der Waals surface area contributed by atoms with Crippen LogP contribution in [0.3, 0.4) is 0 Å². The molecule has 0 saturated heterocycles. The summed E-state index contributed by atoms with van der Waals surface area (Å²) in [5.41, 5.74) is -1.58. The zero-order valence-electron chi connectivity index (χ0n) is 16.3. The van der Waals surface area contributed by atoms with Gasteiger partial charge in [-0.05, 0) is 26.0 Å². The lowest BCUT2D eigenvalue weighted by Crippen LogP contribution is -2.24. The van der Waals surface area contributed by atoms with Gasteiger partial charge in [-0.3, -0.25) is 4.79 Å². The van der Waals surface area contributed by atoms with E-state index in [-0.39, 0.29) is 13.0 Å². The van der Waals surface area contributed by atoms with Crippen molar-refractivity contribution < 1.29 is 41.1 Å². The van der Waals surface area contributed by atoms with Crippen LogP contribution in [-0.4, -0.2) is 30.3 Å². The molecule has 2 aromatic rings. The molecule has 6 nitrogen and oxygen atoms in total. The predicted molar refractivity (Wildman–Crippen MR) is 99.9 cm³/mol. The number of oxime groups is 1. The number of nitrogens with zero attached hydrogens (tertiary/aromatic N) is 1. The fraction of sp³-hybridized carbons (Fsp3) is 0.250. The largest absolute Gasteiger partial charge is 0.462 e. The maximum Gasteiger partial charge on any atom is 0.338 e. The highest BCUT2D eigenvalue weighted by atomic mass is 19.2. The number of carbonyl (C=O) groups excluding carboxylic acids is 2. The molecule has 2 rings (SSSR count). The fourth-order valence-electron chi connectivity index (χ4n) is 2.16. The second kappa shape index (κ2) is 10.5. The molecule has 1 atom stereocenters. The Morgan fingerprint density at radius 3 is 2.10 bits per heavy atom. The van der Waals surface area contributed by atoms with Crippen LogP contribution in [0, 0.1) is 29.1 Å². The van der Waals surface area contributed by atoms with Gasteiger partial charge in [0.25, 0.3) is 5.91 Å². The van der Waals surface area contributed by atoms with Crippen molar-refractivity contribution in [2.24, 2.45) is 5.16 Å². The summed E-state index contributed by atoms with van der Waals surface area (Å²) >= 11 is 0. The summed E-state index contributed by atoms with van der Waals surface area (Å²) in [6.45, 7) is 2.64. The van der Waals surface area contributed by atoms with Gasteiger partial charge in [0.1, 0.15) is 17.5 Å². The van der Waals surface area contributed by atoms with E-state index in [9.17, 15) is 31.5 Å². The Hall–Kier alpha value is -3.50. The lowest BCUT2D eigenvalue weighted by Gasteiger charge is -2.12. The van der Waals surface area contributed by atoms with Crippen molar-refractivity contribution in [1.82, 2.24) is 0 Å². The van der Waals surface area contributed by atoms with Crippen LogP contribution in [0.2, 0.25) is 0 Å². The minimum atomic E-state index is -2.34. The van der Waals surface area contributed by atoms with E-state index in [0.29, 0.717) is 5.56 Å². The highest BCUT2D eigenvalue weighted by molar-refractivity contribution is 6.42. The van der Waals surface area contributed by atoms with E-state index in [2.05, 4.69) is 5.16 Å². The molecule has 2 aromatic carbocycles. The standard InChI is InChI=1S/C20H17F5N2O4/c1-10(8-9-30-20(29)12-6-4-3-5-7-12)31-27-11(2)19(28)26-18-16(24)14(22)13(21)15(23)17(18)25/h3-7,10H,8-9H2,1-2H3,(H,26,28)/b27-11-. The van der Waals surface area contributed by atoms with E-state index in [1.807, 2.05) is 0 Å². The Bertz CT molecular complexity index is 970. The average Bonchev–Trinajstić information content (AvgIpc) is 2.77. The first-order valence-corrected chi connectivity index (χ1v) is 8.88. The zero-order chi connectivity index (χ0) is 23.1. The third-order valence-corrected chi connectivity index (χ3v) is 3.91. The topological polar surface area (TPSA) is 77.0 Å². The van der Waals surface area contributed by atoms with E-state index < -0.39 is 58.5 Å². The molecule has 166 valence electrons. The number of carbonyl (C=O) groups is 2. The smallest absolute Gasteiger partial charge is 0.338 e. The van der Waals surface area contributed by atoms with Crippen LogP contribution in [0.5, 0.6) is 0 Å². The molecule has 1 amide bonds. The molecule has 1 N–H and O–H groups in total. The first kappa shape index (κ1) is 23.8. The molecule has 0 bridgehead atoms. The molecular weight excluding hydrogens is 427 g/mol. The van der Waals surface area contributed by atoms with Gasteiger partial charge in [-0.15, -0.1) is 0 Å². The van der Waals surface area contributed by atoms with Crippen molar-refractivity contribution in [2.45, 2.75) is 26.4 Å². The first-order chi connectivity index (χ1) is 14.6. The van der Waals surface area contributed by atoms with E-state index in [0.717, 1.165) is 6.92 Å². The Morgan fingerprint density at radius 2 is 1.52 bits per heavy atom.